The van der Waals surface area contributed by atoms with E-state index in [1.165, 1.54) is 0 Å². The lowest BCUT2D eigenvalue weighted by atomic mass is 10.1. The lowest BCUT2D eigenvalue weighted by Gasteiger charge is -2.21. The third-order valence-corrected chi connectivity index (χ3v) is 3.96. The monoisotopic (exact) mass is 341 g/mol. The molecule has 2 amide bonds. The van der Waals surface area contributed by atoms with Crippen LogP contribution in [0.1, 0.15) is 22.3 Å². The van der Waals surface area contributed by atoms with Crippen molar-refractivity contribution in [2.24, 2.45) is 0 Å². The highest BCUT2D eigenvalue weighted by molar-refractivity contribution is 5.93. The molecule has 1 aliphatic rings. The molecule has 6 nitrogen and oxygen atoms in total. The number of halogens is 1. The summed E-state index contributed by atoms with van der Waals surface area (Å²) in [6, 6.07) is 7.09. The van der Waals surface area contributed by atoms with E-state index in [0.29, 0.717) is 25.1 Å². The third-order valence-electron chi connectivity index (χ3n) is 3.96. The number of hydrogen-bond acceptors (Lipinski definition) is 4. The average molecular weight is 342 g/mol. The Bertz CT molecular complexity index is 536. The van der Waals surface area contributed by atoms with Gasteiger partial charge in [-0.2, -0.15) is 0 Å². The van der Waals surface area contributed by atoms with Gasteiger partial charge in [-0.05, 0) is 24.1 Å². The van der Waals surface area contributed by atoms with Crippen molar-refractivity contribution in [3.63, 3.8) is 0 Å². The number of rotatable bonds is 5. The number of nitrogens with zero attached hydrogens (tertiary/aromatic N) is 1. The van der Waals surface area contributed by atoms with Gasteiger partial charge in [0.15, 0.2) is 0 Å². The first-order chi connectivity index (χ1) is 10.5. The van der Waals surface area contributed by atoms with Crippen molar-refractivity contribution in [2.45, 2.75) is 25.1 Å². The fraction of sp³-hybridized carbons (Fsp3) is 0.500. The van der Waals surface area contributed by atoms with E-state index in [2.05, 4.69) is 10.6 Å². The van der Waals surface area contributed by atoms with Crippen molar-refractivity contribution in [1.82, 2.24) is 15.5 Å². The largest absolute Gasteiger partial charge is 0.380 e. The molecule has 0 radical (unpaired) electrons. The van der Waals surface area contributed by atoms with Crippen molar-refractivity contribution in [1.29, 1.82) is 0 Å². The van der Waals surface area contributed by atoms with Crippen molar-refractivity contribution >= 4 is 24.2 Å². The second-order valence-corrected chi connectivity index (χ2v) is 5.52. The molecule has 1 saturated heterocycles. The summed E-state index contributed by atoms with van der Waals surface area (Å²) in [6.45, 7) is 1.23. The van der Waals surface area contributed by atoms with Crippen LogP contribution in [0.25, 0.3) is 0 Å². The van der Waals surface area contributed by atoms with Crippen molar-refractivity contribution in [3.8, 4) is 0 Å². The van der Waals surface area contributed by atoms with Crippen LogP contribution in [0.5, 0.6) is 0 Å². The summed E-state index contributed by atoms with van der Waals surface area (Å²) in [5.41, 5.74) is 1.60. The number of benzene rings is 1. The molecule has 0 aromatic heterocycles. The first kappa shape index (κ1) is 19.4. The molecule has 2 N–H and O–H groups in total. The number of methoxy groups -OCH3 is 1. The van der Waals surface area contributed by atoms with Crippen LogP contribution in [0.2, 0.25) is 0 Å². The first-order valence-electron chi connectivity index (χ1n) is 7.37. The van der Waals surface area contributed by atoms with E-state index < -0.39 is 0 Å². The van der Waals surface area contributed by atoms with Gasteiger partial charge in [-0.15, -0.1) is 12.4 Å². The Morgan fingerprint density at radius 3 is 2.52 bits per heavy atom. The fourth-order valence-corrected chi connectivity index (χ4v) is 2.59. The van der Waals surface area contributed by atoms with Crippen molar-refractivity contribution in [2.75, 3.05) is 27.7 Å². The Kier molecular flexibility index (Phi) is 7.48. The maximum atomic E-state index is 12.4. The molecule has 1 heterocycles. The smallest absolute Gasteiger partial charge is 0.251 e. The molecule has 0 spiro atoms. The van der Waals surface area contributed by atoms with E-state index >= 15 is 0 Å². The molecule has 1 aromatic carbocycles. The molecule has 2 atom stereocenters. The molecule has 0 aliphatic carbocycles. The van der Waals surface area contributed by atoms with Gasteiger partial charge >= 0.3 is 0 Å². The van der Waals surface area contributed by atoms with Crippen LogP contribution < -0.4 is 10.6 Å². The van der Waals surface area contributed by atoms with Gasteiger partial charge in [0.2, 0.25) is 5.91 Å². The molecule has 0 bridgehead atoms. The SMILES string of the molecule is CNC(=O)c1ccc(CN(C)C(=O)[C@@H]2C[C@H](OC)CN2)cc1.Cl. The van der Waals surface area contributed by atoms with Crippen LogP contribution in [-0.2, 0) is 16.1 Å². The van der Waals surface area contributed by atoms with Crippen molar-refractivity contribution in [3.05, 3.63) is 35.4 Å². The van der Waals surface area contributed by atoms with Gasteiger partial charge in [0.1, 0.15) is 0 Å². The normalized spacial score (nSPS) is 19.8. The highest BCUT2D eigenvalue weighted by atomic mass is 35.5. The summed E-state index contributed by atoms with van der Waals surface area (Å²) >= 11 is 0. The standard InChI is InChI=1S/C16H23N3O3.ClH/c1-17-15(20)12-6-4-11(5-7-12)10-19(2)16(21)14-8-13(22-3)9-18-14;/h4-7,13-14,18H,8-10H2,1-3H3,(H,17,20);1H/t13-,14-;/m0./s1. The quantitative estimate of drug-likeness (QED) is 0.831. The topological polar surface area (TPSA) is 70.7 Å². The number of carbonyl (C=O) groups excluding carboxylic acids is 2. The Balaban J connectivity index is 0.00000264. The van der Waals surface area contributed by atoms with E-state index in [-0.39, 0.29) is 36.4 Å². The second kappa shape index (κ2) is 8.86. The van der Waals surface area contributed by atoms with Crippen LogP contribution >= 0.6 is 12.4 Å². The molecule has 23 heavy (non-hydrogen) atoms. The van der Waals surface area contributed by atoms with Gasteiger partial charge in [0, 0.05) is 39.9 Å². The average Bonchev–Trinajstić information content (AvgIpc) is 3.03. The highest BCUT2D eigenvalue weighted by Crippen LogP contribution is 2.13. The van der Waals surface area contributed by atoms with Crippen LogP contribution in [0.15, 0.2) is 24.3 Å². The van der Waals surface area contributed by atoms with Crippen LogP contribution in [0, 0.1) is 0 Å². The summed E-state index contributed by atoms with van der Waals surface area (Å²) in [7, 11) is 5.05. The number of likely N-dealkylation sites (N-methyl/N-ethyl adjacent to an activating group) is 1. The second-order valence-electron chi connectivity index (χ2n) is 5.52. The molecule has 0 unspecified atom stereocenters. The number of carbonyl (C=O) groups is 2. The molecular formula is C16H24ClN3O3. The van der Waals surface area contributed by atoms with Crippen LogP contribution in [0.4, 0.5) is 0 Å². The van der Waals surface area contributed by atoms with E-state index in [4.69, 9.17) is 4.74 Å². The molecule has 1 fully saturated rings. The van der Waals surface area contributed by atoms with Gasteiger partial charge in [0.25, 0.3) is 5.91 Å². The zero-order chi connectivity index (χ0) is 16.1. The van der Waals surface area contributed by atoms with Crippen LogP contribution in [0.3, 0.4) is 0 Å². The Morgan fingerprint density at radius 1 is 1.35 bits per heavy atom. The Labute approximate surface area is 143 Å². The van der Waals surface area contributed by atoms with Crippen molar-refractivity contribution < 1.29 is 14.3 Å². The Morgan fingerprint density at radius 2 is 2.00 bits per heavy atom. The van der Waals surface area contributed by atoms with E-state index in [1.807, 2.05) is 12.1 Å². The van der Waals surface area contributed by atoms with Gasteiger partial charge in [-0.3, -0.25) is 9.59 Å². The van der Waals surface area contributed by atoms with E-state index in [1.54, 1.807) is 38.2 Å². The van der Waals surface area contributed by atoms with E-state index in [9.17, 15) is 9.59 Å². The summed E-state index contributed by atoms with van der Waals surface area (Å²) in [6.07, 6.45) is 0.809. The number of amides is 2. The lowest BCUT2D eigenvalue weighted by molar-refractivity contribution is -0.132. The maximum absolute atomic E-state index is 12.4. The molecule has 1 aromatic rings. The summed E-state index contributed by atoms with van der Waals surface area (Å²) in [4.78, 5) is 25.6. The fourth-order valence-electron chi connectivity index (χ4n) is 2.59. The molecule has 1 aliphatic heterocycles. The zero-order valence-electron chi connectivity index (χ0n) is 13.7. The number of ether oxygens (including phenoxy) is 1. The minimum atomic E-state index is -0.180. The Hall–Kier alpha value is -1.63. The van der Waals surface area contributed by atoms with E-state index in [0.717, 1.165) is 5.56 Å². The molecular weight excluding hydrogens is 318 g/mol. The highest BCUT2D eigenvalue weighted by Gasteiger charge is 2.31. The zero-order valence-corrected chi connectivity index (χ0v) is 14.5. The van der Waals surface area contributed by atoms with Gasteiger partial charge in [-0.1, -0.05) is 12.1 Å². The van der Waals surface area contributed by atoms with Gasteiger partial charge in [0.05, 0.1) is 12.1 Å². The predicted octanol–water partition coefficient (Wildman–Crippen LogP) is 0.803. The minimum Gasteiger partial charge on any atom is -0.380 e. The maximum Gasteiger partial charge on any atom is 0.251 e. The lowest BCUT2D eigenvalue weighted by Crippen LogP contribution is -2.41. The summed E-state index contributed by atoms with van der Waals surface area (Å²) < 4.78 is 5.26. The molecule has 2 rings (SSSR count). The summed E-state index contributed by atoms with van der Waals surface area (Å²) in [5.74, 6) is -0.0494. The third kappa shape index (κ3) is 4.92. The minimum absolute atomic E-state index is 0. The first-order valence-corrected chi connectivity index (χ1v) is 7.37. The van der Waals surface area contributed by atoms with Gasteiger partial charge in [-0.25, -0.2) is 0 Å². The molecule has 7 heteroatoms. The summed E-state index contributed by atoms with van der Waals surface area (Å²) in [5, 5.41) is 5.77. The number of nitrogens with one attached hydrogen (secondary N) is 2. The van der Waals surface area contributed by atoms with Crippen LogP contribution in [-0.4, -0.2) is 56.6 Å². The molecule has 128 valence electrons. The predicted molar refractivity (Wildman–Crippen MR) is 90.8 cm³/mol. The number of hydrogen-bond donors (Lipinski definition) is 2. The van der Waals surface area contributed by atoms with Gasteiger partial charge < -0.3 is 20.3 Å². The molecule has 0 saturated carbocycles.